The first-order valence-electron chi connectivity index (χ1n) is 9.90. The summed E-state index contributed by atoms with van der Waals surface area (Å²) in [6, 6.07) is 11.2. The molecule has 3 heterocycles. The maximum Gasteiger partial charge on any atom is 0.274 e. The van der Waals surface area contributed by atoms with Crippen molar-refractivity contribution >= 4 is 17.2 Å². The highest BCUT2D eigenvalue weighted by molar-refractivity contribution is 6.04. The standard InChI is InChI=1S/C22H21N5O3/c1-14-5-6-15(20-25-19(30-26-20)7-8-22(29)9-10-22)12-16(14)24-21(28)17-13-23-18-4-2-3-11-27(17)18/h2-6,11-13,29H,7-10H2,1H3,(H,24,28). The SMILES string of the molecule is Cc1ccc(-c2noc(CCC3(O)CC3)n2)cc1NC(=O)c1cnc2ccccn12. The zero-order valence-electron chi connectivity index (χ0n) is 16.5. The number of imidazole rings is 1. The van der Waals surface area contributed by atoms with Crippen LogP contribution in [0.2, 0.25) is 0 Å². The van der Waals surface area contributed by atoms with Crippen molar-refractivity contribution in [3.63, 3.8) is 0 Å². The molecule has 0 spiro atoms. The lowest BCUT2D eigenvalue weighted by Crippen LogP contribution is -2.15. The van der Waals surface area contributed by atoms with E-state index in [9.17, 15) is 9.90 Å². The smallest absolute Gasteiger partial charge is 0.274 e. The zero-order valence-corrected chi connectivity index (χ0v) is 16.5. The van der Waals surface area contributed by atoms with Crippen molar-refractivity contribution in [2.24, 2.45) is 0 Å². The molecule has 152 valence electrons. The number of fused-ring (bicyclic) bond motifs is 1. The topological polar surface area (TPSA) is 106 Å². The third-order valence-electron chi connectivity index (χ3n) is 5.49. The van der Waals surface area contributed by atoms with Gasteiger partial charge in [0.25, 0.3) is 5.91 Å². The first-order chi connectivity index (χ1) is 14.5. The van der Waals surface area contributed by atoms with Gasteiger partial charge in [0, 0.05) is 23.9 Å². The van der Waals surface area contributed by atoms with Crippen LogP contribution in [0.5, 0.6) is 0 Å². The molecule has 0 unspecified atom stereocenters. The van der Waals surface area contributed by atoms with Gasteiger partial charge in [-0.1, -0.05) is 23.4 Å². The third-order valence-corrected chi connectivity index (χ3v) is 5.49. The number of carbonyl (C=O) groups excluding carboxylic acids is 1. The molecule has 1 amide bonds. The minimum Gasteiger partial charge on any atom is -0.390 e. The van der Waals surface area contributed by atoms with E-state index in [4.69, 9.17) is 4.52 Å². The van der Waals surface area contributed by atoms with E-state index in [1.54, 1.807) is 16.8 Å². The minimum atomic E-state index is -0.548. The second-order valence-electron chi connectivity index (χ2n) is 7.79. The second kappa shape index (κ2) is 7.07. The number of pyridine rings is 1. The molecule has 2 N–H and O–H groups in total. The number of aliphatic hydroxyl groups is 1. The van der Waals surface area contributed by atoms with Crippen LogP contribution >= 0.6 is 0 Å². The number of hydrogen-bond acceptors (Lipinski definition) is 6. The van der Waals surface area contributed by atoms with Gasteiger partial charge in [0.15, 0.2) is 0 Å². The summed E-state index contributed by atoms with van der Waals surface area (Å²) in [7, 11) is 0. The van der Waals surface area contributed by atoms with Crippen molar-refractivity contribution in [3.05, 3.63) is 65.9 Å². The number of nitrogens with zero attached hydrogens (tertiary/aromatic N) is 4. The minimum absolute atomic E-state index is 0.250. The van der Waals surface area contributed by atoms with Gasteiger partial charge in [-0.2, -0.15) is 4.98 Å². The number of carbonyl (C=O) groups is 1. The molecule has 0 radical (unpaired) electrons. The van der Waals surface area contributed by atoms with Gasteiger partial charge < -0.3 is 14.9 Å². The van der Waals surface area contributed by atoms with Crippen LogP contribution in [0.4, 0.5) is 5.69 Å². The van der Waals surface area contributed by atoms with E-state index in [1.165, 1.54) is 0 Å². The molecule has 0 atom stereocenters. The first kappa shape index (κ1) is 18.5. The van der Waals surface area contributed by atoms with E-state index < -0.39 is 5.60 Å². The highest BCUT2D eigenvalue weighted by atomic mass is 16.5. The van der Waals surface area contributed by atoms with Crippen molar-refractivity contribution in [1.82, 2.24) is 19.5 Å². The molecule has 0 bridgehead atoms. The van der Waals surface area contributed by atoms with E-state index in [1.807, 2.05) is 43.3 Å². The number of rotatable bonds is 6. The molecule has 4 aromatic rings. The molecule has 1 aromatic carbocycles. The fraction of sp³-hybridized carbons (Fsp3) is 0.273. The lowest BCUT2D eigenvalue weighted by atomic mass is 10.1. The molecule has 3 aromatic heterocycles. The molecule has 30 heavy (non-hydrogen) atoms. The average Bonchev–Trinajstić information content (AvgIpc) is 3.16. The molecule has 1 saturated carbocycles. The Morgan fingerprint density at radius 1 is 1.30 bits per heavy atom. The molecular weight excluding hydrogens is 382 g/mol. The Kier molecular flexibility index (Phi) is 4.36. The fourth-order valence-electron chi connectivity index (χ4n) is 3.39. The summed E-state index contributed by atoms with van der Waals surface area (Å²) in [6.45, 7) is 1.92. The van der Waals surface area contributed by atoms with Crippen LogP contribution in [0, 0.1) is 6.92 Å². The number of hydrogen-bond donors (Lipinski definition) is 2. The highest BCUT2D eigenvalue weighted by Crippen LogP contribution is 2.39. The van der Waals surface area contributed by atoms with Crippen LogP contribution in [-0.4, -0.2) is 36.1 Å². The molecule has 1 aliphatic rings. The van der Waals surface area contributed by atoms with Crippen LogP contribution in [0.1, 0.15) is 41.2 Å². The van der Waals surface area contributed by atoms with Crippen molar-refractivity contribution < 1.29 is 14.4 Å². The van der Waals surface area contributed by atoms with Crippen LogP contribution in [0.15, 0.2) is 53.3 Å². The maximum absolute atomic E-state index is 12.8. The van der Waals surface area contributed by atoms with Crippen LogP contribution in [-0.2, 0) is 6.42 Å². The van der Waals surface area contributed by atoms with Crippen LogP contribution in [0.3, 0.4) is 0 Å². The van der Waals surface area contributed by atoms with Crippen LogP contribution < -0.4 is 5.32 Å². The Bertz CT molecular complexity index is 1240. The number of aryl methyl sites for hydroxylation is 2. The van der Waals surface area contributed by atoms with Gasteiger partial charge in [0.1, 0.15) is 11.3 Å². The molecular formula is C22H21N5O3. The monoisotopic (exact) mass is 403 g/mol. The predicted molar refractivity (Wildman–Crippen MR) is 110 cm³/mol. The number of anilines is 1. The molecule has 0 saturated heterocycles. The highest BCUT2D eigenvalue weighted by Gasteiger charge is 2.40. The van der Waals surface area contributed by atoms with E-state index in [0.29, 0.717) is 41.6 Å². The number of amides is 1. The van der Waals surface area contributed by atoms with E-state index in [2.05, 4.69) is 20.4 Å². The molecule has 0 aliphatic heterocycles. The third kappa shape index (κ3) is 3.57. The fourth-order valence-corrected chi connectivity index (χ4v) is 3.39. The summed E-state index contributed by atoms with van der Waals surface area (Å²) in [5.74, 6) is 0.709. The van der Waals surface area contributed by atoms with Gasteiger partial charge >= 0.3 is 0 Å². The van der Waals surface area contributed by atoms with Gasteiger partial charge in [0.05, 0.1) is 11.8 Å². The van der Waals surface area contributed by atoms with Crippen molar-refractivity contribution in [2.75, 3.05) is 5.32 Å². The number of aromatic nitrogens is 4. The molecule has 8 heteroatoms. The van der Waals surface area contributed by atoms with Gasteiger partial charge in [-0.05, 0) is 49.9 Å². The summed E-state index contributed by atoms with van der Waals surface area (Å²) in [4.78, 5) is 21.5. The number of nitrogens with one attached hydrogen (secondary N) is 1. The van der Waals surface area contributed by atoms with Crippen molar-refractivity contribution in [3.8, 4) is 11.4 Å². The second-order valence-corrected chi connectivity index (χ2v) is 7.79. The largest absolute Gasteiger partial charge is 0.390 e. The van der Waals surface area contributed by atoms with Gasteiger partial charge in [-0.3, -0.25) is 9.20 Å². The quantitative estimate of drug-likeness (QED) is 0.511. The summed E-state index contributed by atoms with van der Waals surface area (Å²) in [5.41, 5.74) is 2.95. The van der Waals surface area contributed by atoms with Crippen molar-refractivity contribution in [1.29, 1.82) is 0 Å². The lowest BCUT2D eigenvalue weighted by Gasteiger charge is -2.09. The van der Waals surface area contributed by atoms with Gasteiger partial charge in [-0.15, -0.1) is 0 Å². The Morgan fingerprint density at radius 3 is 3.00 bits per heavy atom. The summed E-state index contributed by atoms with van der Waals surface area (Å²) < 4.78 is 7.07. The summed E-state index contributed by atoms with van der Waals surface area (Å²) >= 11 is 0. The predicted octanol–water partition coefficient (Wildman–Crippen LogP) is 3.40. The van der Waals surface area contributed by atoms with E-state index in [0.717, 1.165) is 24.0 Å². The summed E-state index contributed by atoms with van der Waals surface area (Å²) in [6.07, 6.45) is 6.21. The van der Waals surface area contributed by atoms with Crippen molar-refractivity contribution in [2.45, 2.75) is 38.2 Å². The van der Waals surface area contributed by atoms with Gasteiger partial charge in [-0.25, -0.2) is 4.98 Å². The first-order valence-corrected chi connectivity index (χ1v) is 9.90. The molecule has 5 rings (SSSR count). The van der Waals surface area contributed by atoms with E-state index in [-0.39, 0.29) is 5.91 Å². The molecule has 8 nitrogen and oxygen atoms in total. The Morgan fingerprint density at radius 2 is 2.17 bits per heavy atom. The normalized spacial score (nSPS) is 14.7. The molecule has 1 fully saturated rings. The maximum atomic E-state index is 12.8. The number of benzene rings is 1. The Balaban J connectivity index is 1.36. The Hall–Kier alpha value is -3.52. The Labute approximate surface area is 172 Å². The van der Waals surface area contributed by atoms with Gasteiger partial charge in [0.2, 0.25) is 11.7 Å². The lowest BCUT2D eigenvalue weighted by molar-refractivity contribution is 0.102. The van der Waals surface area contributed by atoms with Crippen LogP contribution in [0.25, 0.3) is 17.0 Å². The zero-order chi connectivity index (χ0) is 20.7. The van der Waals surface area contributed by atoms with E-state index >= 15 is 0 Å². The summed E-state index contributed by atoms with van der Waals surface area (Å²) in [5, 5.41) is 17.0. The molecule has 1 aliphatic carbocycles. The average molecular weight is 403 g/mol.